The molecule has 0 saturated heterocycles. The fourth-order valence-corrected chi connectivity index (χ4v) is 3.48. The predicted octanol–water partition coefficient (Wildman–Crippen LogP) is 4.34. The number of carbonyl (C=O) groups excluding carboxylic acids is 1. The van der Waals surface area contributed by atoms with Crippen LogP contribution in [0, 0.1) is 13.8 Å². The van der Waals surface area contributed by atoms with Crippen molar-refractivity contribution in [2.24, 2.45) is 5.10 Å². The highest BCUT2D eigenvalue weighted by atomic mass is 32.2. The van der Waals surface area contributed by atoms with Gasteiger partial charge >= 0.3 is 0 Å². The highest BCUT2D eigenvalue weighted by molar-refractivity contribution is 8.00. The van der Waals surface area contributed by atoms with Crippen molar-refractivity contribution < 1.29 is 4.79 Å². The van der Waals surface area contributed by atoms with Crippen LogP contribution in [-0.4, -0.2) is 22.4 Å². The van der Waals surface area contributed by atoms with Crippen LogP contribution < -0.4 is 5.43 Å². The lowest BCUT2D eigenvalue weighted by molar-refractivity contribution is -0.118. The van der Waals surface area contributed by atoms with Gasteiger partial charge in [-0.1, -0.05) is 36.4 Å². The number of aryl methyl sites for hydroxylation is 1. The van der Waals surface area contributed by atoms with Gasteiger partial charge in [0.1, 0.15) is 0 Å². The lowest BCUT2D eigenvalue weighted by Crippen LogP contribution is -2.19. The van der Waals surface area contributed by atoms with Crippen LogP contribution in [0.3, 0.4) is 0 Å². The van der Waals surface area contributed by atoms with Gasteiger partial charge in [0.25, 0.3) is 0 Å². The highest BCUT2D eigenvalue weighted by Crippen LogP contribution is 2.19. The summed E-state index contributed by atoms with van der Waals surface area (Å²) in [6.45, 7) is 4.11. The van der Waals surface area contributed by atoms with E-state index in [-0.39, 0.29) is 5.91 Å². The van der Waals surface area contributed by atoms with E-state index in [0.29, 0.717) is 5.75 Å². The van der Waals surface area contributed by atoms with Crippen LogP contribution in [0.1, 0.15) is 17.0 Å². The summed E-state index contributed by atoms with van der Waals surface area (Å²) in [5.41, 5.74) is 6.92. The van der Waals surface area contributed by atoms with Gasteiger partial charge < -0.3 is 4.57 Å². The lowest BCUT2D eigenvalue weighted by Gasteiger charge is -2.08. The molecule has 0 aliphatic carbocycles. The maximum atomic E-state index is 11.9. The first kappa shape index (κ1) is 18.0. The molecule has 0 aliphatic rings. The van der Waals surface area contributed by atoms with Crippen molar-refractivity contribution in [3.05, 3.63) is 83.7 Å². The van der Waals surface area contributed by atoms with Crippen molar-refractivity contribution in [3.8, 4) is 5.69 Å². The monoisotopic (exact) mass is 363 g/mol. The molecule has 0 bridgehead atoms. The third-order valence-corrected chi connectivity index (χ3v) is 5.00. The van der Waals surface area contributed by atoms with E-state index in [0.717, 1.165) is 27.5 Å². The second-order valence-electron chi connectivity index (χ2n) is 5.89. The lowest BCUT2D eigenvalue weighted by atomic mass is 10.2. The molecular formula is C21H21N3OS. The van der Waals surface area contributed by atoms with Gasteiger partial charge in [0.15, 0.2) is 0 Å². The van der Waals surface area contributed by atoms with Gasteiger partial charge in [0, 0.05) is 27.5 Å². The molecule has 0 saturated carbocycles. The van der Waals surface area contributed by atoms with E-state index >= 15 is 0 Å². The number of carbonyl (C=O) groups is 1. The summed E-state index contributed by atoms with van der Waals surface area (Å²) >= 11 is 1.49. The second-order valence-corrected chi connectivity index (χ2v) is 6.94. The topological polar surface area (TPSA) is 46.4 Å². The minimum Gasteiger partial charge on any atom is -0.318 e. The zero-order chi connectivity index (χ0) is 18.4. The summed E-state index contributed by atoms with van der Waals surface area (Å²) in [6.07, 6.45) is 1.70. The maximum Gasteiger partial charge on any atom is 0.250 e. The Morgan fingerprint density at radius 1 is 1.08 bits per heavy atom. The molecule has 0 aliphatic heterocycles. The smallest absolute Gasteiger partial charge is 0.250 e. The van der Waals surface area contributed by atoms with Crippen LogP contribution in [0.5, 0.6) is 0 Å². The molecule has 0 spiro atoms. The number of nitrogens with zero attached hydrogens (tertiary/aromatic N) is 2. The number of para-hydroxylation sites is 1. The Morgan fingerprint density at radius 3 is 2.42 bits per heavy atom. The molecule has 2 aromatic carbocycles. The number of nitrogens with one attached hydrogen (secondary N) is 1. The molecule has 3 rings (SSSR count). The molecule has 3 aromatic rings. The fraction of sp³-hybridized carbons (Fsp3) is 0.143. The molecule has 0 atom stereocenters. The van der Waals surface area contributed by atoms with Crippen molar-refractivity contribution in [2.75, 3.05) is 5.75 Å². The van der Waals surface area contributed by atoms with Crippen molar-refractivity contribution in [1.29, 1.82) is 0 Å². The van der Waals surface area contributed by atoms with Gasteiger partial charge in [0.05, 0.1) is 12.0 Å². The molecule has 1 amide bonds. The van der Waals surface area contributed by atoms with Gasteiger partial charge in [0.2, 0.25) is 5.91 Å². The summed E-state index contributed by atoms with van der Waals surface area (Å²) in [6, 6.07) is 22.1. The van der Waals surface area contributed by atoms with Gasteiger partial charge in [-0.05, 0) is 44.2 Å². The minimum atomic E-state index is -0.119. The standard InChI is InChI=1S/C21H21N3OS/c1-16-13-18(17(2)24(16)19-9-5-3-6-10-19)14-22-23-21(25)15-26-20-11-7-4-8-12-20/h3-14H,15H2,1-2H3,(H,23,25)/b22-14+. The third-order valence-electron chi connectivity index (χ3n) is 3.99. The first-order valence-corrected chi connectivity index (χ1v) is 9.38. The van der Waals surface area contributed by atoms with Crippen molar-refractivity contribution in [1.82, 2.24) is 9.99 Å². The van der Waals surface area contributed by atoms with Crippen LogP contribution in [0.4, 0.5) is 0 Å². The third kappa shape index (κ3) is 4.43. The Hall–Kier alpha value is -2.79. The van der Waals surface area contributed by atoms with Crippen molar-refractivity contribution in [3.63, 3.8) is 0 Å². The van der Waals surface area contributed by atoms with Gasteiger partial charge in [-0.3, -0.25) is 4.79 Å². The molecule has 1 aromatic heterocycles. The number of hydrazone groups is 1. The Balaban J connectivity index is 1.61. The quantitative estimate of drug-likeness (QED) is 0.402. The largest absolute Gasteiger partial charge is 0.318 e. The van der Waals surface area contributed by atoms with E-state index < -0.39 is 0 Å². The van der Waals surface area contributed by atoms with Gasteiger partial charge in [-0.2, -0.15) is 5.10 Å². The molecule has 0 unspecified atom stereocenters. The van der Waals surface area contributed by atoms with Crippen LogP contribution in [0.15, 0.2) is 76.7 Å². The molecule has 1 heterocycles. The van der Waals surface area contributed by atoms with E-state index in [1.54, 1.807) is 6.21 Å². The van der Waals surface area contributed by atoms with E-state index in [1.807, 2.05) is 48.5 Å². The molecule has 4 nitrogen and oxygen atoms in total. The Labute approximate surface area is 157 Å². The average molecular weight is 363 g/mol. The normalized spacial score (nSPS) is 11.0. The fourth-order valence-electron chi connectivity index (χ4n) is 2.76. The average Bonchev–Trinajstić information content (AvgIpc) is 2.95. The molecule has 132 valence electrons. The minimum absolute atomic E-state index is 0.119. The van der Waals surface area contributed by atoms with Crippen molar-refractivity contribution in [2.45, 2.75) is 18.7 Å². The summed E-state index contributed by atoms with van der Waals surface area (Å²) < 4.78 is 2.18. The first-order valence-electron chi connectivity index (χ1n) is 8.39. The number of amides is 1. The predicted molar refractivity (Wildman–Crippen MR) is 108 cm³/mol. The summed E-state index contributed by atoms with van der Waals surface area (Å²) in [7, 11) is 0. The van der Waals surface area contributed by atoms with Gasteiger partial charge in [-0.25, -0.2) is 5.43 Å². The highest BCUT2D eigenvalue weighted by Gasteiger charge is 2.09. The Bertz CT molecular complexity index is 902. The second kappa shape index (κ2) is 8.54. The number of thioether (sulfide) groups is 1. The van der Waals surface area contributed by atoms with Gasteiger partial charge in [-0.15, -0.1) is 11.8 Å². The van der Waals surface area contributed by atoms with E-state index in [1.165, 1.54) is 11.8 Å². The van der Waals surface area contributed by atoms with E-state index in [9.17, 15) is 4.79 Å². The maximum absolute atomic E-state index is 11.9. The number of benzene rings is 2. The van der Waals surface area contributed by atoms with Crippen LogP contribution in [0.25, 0.3) is 5.69 Å². The SMILES string of the molecule is Cc1cc(/C=N/NC(=O)CSc2ccccc2)c(C)n1-c1ccccc1. The summed E-state index contributed by atoms with van der Waals surface area (Å²) in [5, 5.41) is 4.11. The van der Waals surface area contributed by atoms with Crippen LogP contribution in [-0.2, 0) is 4.79 Å². The molecule has 5 heteroatoms. The number of hydrogen-bond donors (Lipinski definition) is 1. The van der Waals surface area contributed by atoms with E-state index in [2.05, 4.69) is 47.1 Å². The molecule has 0 radical (unpaired) electrons. The Kier molecular flexibility index (Phi) is 5.92. The van der Waals surface area contributed by atoms with Crippen LogP contribution in [0.2, 0.25) is 0 Å². The van der Waals surface area contributed by atoms with Crippen LogP contribution >= 0.6 is 11.8 Å². The zero-order valence-corrected chi connectivity index (χ0v) is 15.7. The number of aromatic nitrogens is 1. The summed E-state index contributed by atoms with van der Waals surface area (Å²) in [5.74, 6) is 0.219. The molecule has 26 heavy (non-hydrogen) atoms. The molecular weight excluding hydrogens is 342 g/mol. The first-order chi connectivity index (χ1) is 12.6. The Morgan fingerprint density at radius 2 is 1.73 bits per heavy atom. The number of hydrogen-bond acceptors (Lipinski definition) is 3. The van der Waals surface area contributed by atoms with E-state index in [4.69, 9.17) is 0 Å². The zero-order valence-electron chi connectivity index (χ0n) is 14.8. The molecule has 0 fully saturated rings. The van der Waals surface area contributed by atoms with Crippen molar-refractivity contribution >= 4 is 23.9 Å². The summed E-state index contributed by atoms with van der Waals surface area (Å²) in [4.78, 5) is 13.0. The molecule has 1 N–H and O–H groups in total. The number of rotatable bonds is 6.